The average Bonchev–Trinajstić information content (AvgIpc) is 2.93. The lowest BCUT2D eigenvalue weighted by molar-refractivity contribution is -0.385. The van der Waals surface area contributed by atoms with Crippen molar-refractivity contribution in [1.29, 1.82) is 0 Å². The van der Waals surface area contributed by atoms with Crippen molar-refractivity contribution in [3.8, 4) is 5.75 Å². The van der Waals surface area contributed by atoms with Crippen molar-refractivity contribution in [1.82, 2.24) is 5.43 Å². The maximum absolute atomic E-state index is 12.6. The van der Waals surface area contributed by atoms with Crippen LogP contribution in [0.15, 0.2) is 108 Å². The van der Waals surface area contributed by atoms with E-state index in [4.69, 9.17) is 4.74 Å². The Kier molecular flexibility index (Phi) is 8.54. The molecule has 0 spiro atoms. The van der Waals surface area contributed by atoms with Crippen LogP contribution in [0.1, 0.15) is 27.0 Å². The Morgan fingerprint density at radius 3 is 2.45 bits per heavy atom. The number of benzene rings is 4. The number of para-hydroxylation sites is 2. The summed E-state index contributed by atoms with van der Waals surface area (Å²) in [4.78, 5) is 35.8. The first-order valence-corrected chi connectivity index (χ1v) is 11.7. The summed E-state index contributed by atoms with van der Waals surface area (Å²) < 4.78 is 5.80. The van der Waals surface area contributed by atoms with Crippen molar-refractivity contribution < 1.29 is 19.2 Å². The molecule has 2 amide bonds. The first-order chi connectivity index (χ1) is 18.5. The fourth-order valence-electron chi connectivity index (χ4n) is 3.63. The molecule has 0 unspecified atom stereocenters. The Morgan fingerprint density at radius 1 is 0.895 bits per heavy atom. The molecule has 0 bridgehead atoms. The molecule has 4 rings (SSSR count). The fraction of sp³-hybridized carbons (Fsp3) is 0.0690. The number of ether oxygens (including phenoxy) is 1. The van der Waals surface area contributed by atoms with E-state index < -0.39 is 10.8 Å². The summed E-state index contributed by atoms with van der Waals surface area (Å²) >= 11 is 0. The molecular weight excluding hydrogens is 484 g/mol. The van der Waals surface area contributed by atoms with Crippen LogP contribution in [0.5, 0.6) is 5.75 Å². The van der Waals surface area contributed by atoms with Gasteiger partial charge in [-0.15, -0.1) is 0 Å². The third kappa shape index (κ3) is 7.11. The Hall–Kier alpha value is -5.31. The van der Waals surface area contributed by atoms with Gasteiger partial charge in [0.05, 0.1) is 23.1 Å². The first kappa shape index (κ1) is 25.8. The highest BCUT2D eigenvalue weighted by atomic mass is 16.6. The Bertz CT molecular complexity index is 1470. The molecule has 38 heavy (non-hydrogen) atoms. The monoisotopic (exact) mass is 508 g/mol. The molecule has 0 aliphatic rings. The molecule has 0 heterocycles. The summed E-state index contributed by atoms with van der Waals surface area (Å²) in [5, 5.41) is 18.1. The van der Waals surface area contributed by atoms with Gasteiger partial charge in [0.15, 0.2) is 0 Å². The molecule has 2 N–H and O–H groups in total. The number of rotatable bonds is 10. The van der Waals surface area contributed by atoms with Crippen LogP contribution in [0.2, 0.25) is 0 Å². The molecular formula is C29H24N4O5. The summed E-state index contributed by atoms with van der Waals surface area (Å²) in [6, 6.07) is 29.3. The predicted molar refractivity (Wildman–Crippen MR) is 144 cm³/mol. The van der Waals surface area contributed by atoms with E-state index in [1.54, 1.807) is 66.7 Å². The molecule has 0 radical (unpaired) electrons. The number of hydrogen-bond acceptors (Lipinski definition) is 6. The molecule has 0 fully saturated rings. The van der Waals surface area contributed by atoms with E-state index in [0.29, 0.717) is 28.1 Å². The summed E-state index contributed by atoms with van der Waals surface area (Å²) in [6.45, 7) is -0.00283. The Balaban J connectivity index is 1.36. The number of carbonyl (C=O) groups is 2. The zero-order valence-corrected chi connectivity index (χ0v) is 20.2. The van der Waals surface area contributed by atoms with Crippen molar-refractivity contribution in [2.75, 3.05) is 5.32 Å². The highest BCUT2D eigenvalue weighted by Gasteiger charge is 2.13. The van der Waals surface area contributed by atoms with Gasteiger partial charge < -0.3 is 10.1 Å². The molecule has 0 saturated carbocycles. The maximum Gasteiger partial charge on any atom is 0.276 e. The SMILES string of the molecule is O=C(Cc1ccccc1)Nc1cccc(C(=O)NN=Cc2ccccc2OCc2ccccc2[N+](=O)[O-])c1. The number of nitrogens with zero attached hydrogens (tertiary/aromatic N) is 2. The van der Waals surface area contributed by atoms with E-state index in [9.17, 15) is 19.7 Å². The largest absolute Gasteiger partial charge is 0.488 e. The first-order valence-electron chi connectivity index (χ1n) is 11.7. The lowest BCUT2D eigenvalue weighted by atomic mass is 10.1. The van der Waals surface area contributed by atoms with Crippen LogP contribution in [-0.4, -0.2) is 23.0 Å². The number of nitro groups is 1. The molecule has 4 aromatic rings. The van der Waals surface area contributed by atoms with Crippen molar-refractivity contribution in [2.45, 2.75) is 13.0 Å². The van der Waals surface area contributed by atoms with Crippen LogP contribution in [0.4, 0.5) is 11.4 Å². The molecule has 0 aliphatic heterocycles. The third-order valence-corrected chi connectivity index (χ3v) is 5.48. The van der Waals surface area contributed by atoms with Crippen LogP contribution in [0.25, 0.3) is 0 Å². The predicted octanol–water partition coefficient (Wildman–Crippen LogP) is 5.12. The van der Waals surface area contributed by atoms with Gasteiger partial charge in [-0.05, 0) is 42.0 Å². The molecule has 4 aromatic carbocycles. The molecule has 0 saturated heterocycles. The zero-order chi connectivity index (χ0) is 26.7. The Morgan fingerprint density at radius 2 is 1.63 bits per heavy atom. The van der Waals surface area contributed by atoms with Crippen LogP contribution in [0.3, 0.4) is 0 Å². The van der Waals surface area contributed by atoms with Crippen molar-refractivity contribution in [3.05, 3.63) is 135 Å². The van der Waals surface area contributed by atoms with Gasteiger partial charge in [0, 0.05) is 22.9 Å². The quantitative estimate of drug-likeness (QED) is 0.175. The van der Waals surface area contributed by atoms with Gasteiger partial charge in [-0.1, -0.05) is 60.7 Å². The second-order valence-corrected chi connectivity index (χ2v) is 8.20. The van der Waals surface area contributed by atoms with Crippen LogP contribution in [-0.2, 0) is 17.8 Å². The number of hydrazone groups is 1. The number of carbonyl (C=O) groups excluding carboxylic acids is 2. The summed E-state index contributed by atoms with van der Waals surface area (Å²) in [6.07, 6.45) is 1.65. The highest BCUT2D eigenvalue weighted by molar-refractivity contribution is 5.98. The summed E-state index contributed by atoms with van der Waals surface area (Å²) in [7, 11) is 0. The minimum atomic E-state index is -0.460. The number of anilines is 1. The van der Waals surface area contributed by atoms with Crippen LogP contribution in [0, 0.1) is 10.1 Å². The van der Waals surface area contributed by atoms with Gasteiger partial charge in [0.1, 0.15) is 12.4 Å². The summed E-state index contributed by atoms with van der Waals surface area (Å²) in [5.74, 6) is -0.199. The number of nitrogens with one attached hydrogen (secondary N) is 2. The number of nitro benzene ring substituents is 1. The topological polar surface area (TPSA) is 123 Å². The summed E-state index contributed by atoms with van der Waals surface area (Å²) in [5.41, 5.74) is 5.16. The molecule has 0 atom stereocenters. The Labute approximate surface area is 218 Å². The molecule has 9 nitrogen and oxygen atoms in total. The van der Waals surface area contributed by atoms with Crippen molar-refractivity contribution >= 4 is 29.4 Å². The molecule has 0 aromatic heterocycles. The second-order valence-electron chi connectivity index (χ2n) is 8.20. The smallest absolute Gasteiger partial charge is 0.276 e. The third-order valence-electron chi connectivity index (χ3n) is 5.48. The van der Waals surface area contributed by atoms with Gasteiger partial charge in [0.25, 0.3) is 11.6 Å². The van der Waals surface area contributed by atoms with Gasteiger partial charge in [0.2, 0.25) is 5.91 Å². The van der Waals surface area contributed by atoms with E-state index in [1.807, 2.05) is 30.3 Å². The second kappa shape index (κ2) is 12.6. The van der Waals surface area contributed by atoms with E-state index in [2.05, 4.69) is 15.8 Å². The molecule has 190 valence electrons. The van der Waals surface area contributed by atoms with E-state index >= 15 is 0 Å². The lowest BCUT2D eigenvalue weighted by Gasteiger charge is -2.09. The molecule has 0 aliphatic carbocycles. The van der Waals surface area contributed by atoms with Gasteiger partial charge in [-0.3, -0.25) is 19.7 Å². The minimum absolute atomic E-state index is 0.00283. The zero-order valence-electron chi connectivity index (χ0n) is 20.2. The minimum Gasteiger partial charge on any atom is -0.488 e. The number of amides is 2. The van der Waals surface area contributed by atoms with Crippen molar-refractivity contribution in [3.63, 3.8) is 0 Å². The fourth-order valence-corrected chi connectivity index (χ4v) is 3.63. The van der Waals surface area contributed by atoms with Crippen molar-refractivity contribution in [2.24, 2.45) is 5.10 Å². The van der Waals surface area contributed by atoms with E-state index in [-0.39, 0.29) is 24.6 Å². The van der Waals surface area contributed by atoms with E-state index in [0.717, 1.165) is 5.56 Å². The average molecular weight is 509 g/mol. The standard InChI is InChI=1S/C29H24N4O5/c34-28(17-21-9-2-1-3-10-21)31-25-14-8-13-22(18-25)29(35)32-30-19-23-11-5-7-16-27(23)38-20-24-12-4-6-15-26(24)33(36)37/h1-16,18-19H,17,20H2,(H,31,34)(H,32,35). The highest BCUT2D eigenvalue weighted by Crippen LogP contribution is 2.22. The van der Waals surface area contributed by atoms with Gasteiger partial charge in [-0.25, -0.2) is 5.43 Å². The van der Waals surface area contributed by atoms with Gasteiger partial charge in [-0.2, -0.15) is 5.10 Å². The maximum atomic E-state index is 12.6. The normalized spacial score (nSPS) is 10.6. The lowest BCUT2D eigenvalue weighted by Crippen LogP contribution is -2.19. The van der Waals surface area contributed by atoms with Gasteiger partial charge >= 0.3 is 0 Å². The van der Waals surface area contributed by atoms with E-state index in [1.165, 1.54) is 12.3 Å². The molecule has 9 heteroatoms. The van der Waals surface area contributed by atoms with Crippen LogP contribution < -0.4 is 15.5 Å². The number of hydrogen-bond donors (Lipinski definition) is 2. The van der Waals surface area contributed by atoms with Crippen LogP contribution >= 0.6 is 0 Å².